The highest BCUT2D eigenvalue weighted by Crippen LogP contribution is 2.12. The predicted octanol–water partition coefficient (Wildman–Crippen LogP) is 1.57. The molecule has 14 heavy (non-hydrogen) atoms. The van der Waals surface area contributed by atoms with E-state index in [0.29, 0.717) is 5.56 Å². The maximum atomic E-state index is 10.8. The van der Waals surface area contributed by atoms with Crippen molar-refractivity contribution in [3.8, 4) is 17.9 Å². The molecule has 0 heterocycles. The van der Waals surface area contributed by atoms with E-state index in [9.17, 15) is 4.79 Å². The lowest BCUT2D eigenvalue weighted by Gasteiger charge is -2.01. The highest BCUT2D eigenvalue weighted by atomic mass is 16.4. The van der Waals surface area contributed by atoms with Gasteiger partial charge in [0.25, 0.3) is 0 Å². The molecule has 0 saturated heterocycles. The van der Waals surface area contributed by atoms with E-state index < -0.39 is 5.97 Å². The van der Waals surface area contributed by atoms with Crippen molar-refractivity contribution in [3.05, 3.63) is 34.9 Å². The van der Waals surface area contributed by atoms with Gasteiger partial charge < -0.3 is 5.11 Å². The molecule has 0 bridgehead atoms. The second-order valence-corrected chi connectivity index (χ2v) is 2.66. The number of rotatable bonds is 1. The fourth-order valence-electron chi connectivity index (χ4n) is 1.10. The van der Waals surface area contributed by atoms with Crippen molar-refractivity contribution in [2.75, 3.05) is 0 Å². The Morgan fingerprint density at radius 1 is 1.50 bits per heavy atom. The molecule has 3 heteroatoms. The highest BCUT2D eigenvalue weighted by molar-refractivity contribution is 5.91. The second-order valence-electron chi connectivity index (χ2n) is 2.66. The molecule has 1 aromatic rings. The molecule has 0 aromatic heterocycles. The summed E-state index contributed by atoms with van der Waals surface area (Å²) in [6.07, 6.45) is 0. The normalized spacial score (nSPS) is 8.29. The molecule has 0 unspecified atom stereocenters. The van der Waals surface area contributed by atoms with Crippen LogP contribution in [0.1, 0.15) is 21.5 Å². The lowest BCUT2D eigenvalue weighted by Crippen LogP contribution is -2.01. The number of carboxylic acids is 1. The first-order valence-electron chi connectivity index (χ1n) is 3.90. The molecule has 3 nitrogen and oxygen atoms in total. The molecule has 0 amide bonds. The van der Waals surface area contributed by atoms with Crippen LogP contribution in [0.2, 0.25) is 0 Å². The summed E-state index contributed by atoms with van der Waals surface area (Å²) in [5.74, 6) is 3.68. The lowest BCUT2D eigenvalue weighted by molar-refractivity contribution is 0.0696. The van der Waals surface area contributed by atoms with Gasteiger partial charge in [-0.3, -0.25) is 0 Å². The number of nitriles is 1. The van der Waals surface area contributed by atoms with Crippen molar-refractivity contribution in [2.45, 2.75) is 6.92 Å². The van der Waals surface area contributed by atoms with Crippen LogP contribution in [0.3, 0.4) is 0 Å². The van der Waals surface area contributed by atoms with E-state index >= 15 is 0 Å². The van der Waals surface area contributed by atoms with Gasteiger partial charge in [0, 0.05) is 11.5 Å². The van der Waals surface area contributed by atoms with Crippen LogP contribution >= 0.6 is 0 Å². The summed E-state index contributed by atoms with van der Waals surface area (Å²) in [6.45, 7) is 1.76. The largest absolute Gasteiger partial charge is 0.478 e. The average molecular weight is 185 g/mol. The smallest absolute Gasteiger partial charge is 0.336 e. The number of carboxylic acid groups (broad SMARTS) is 1. The van der Waals surface area contributed by atoms with Gasteiger partial charge >= 0.3 is 5.97 Å². The zero-order valence-electron chi connectivity index (χ0n) is 7.53. The van der Waals surface area contributed by atoms with Gasteiger partial charge in [-0.05, 0) is 24.5 Å². The third kappa shape index (κ3) is 1.91. The van der Waals surface area contributed by atoms with E-state index in [2.05, 4.69) is 11.8 Å². The molecule has 0 saturated carbocycles. The molecule has 0 spiro atoms. The number of aryl methyl sites for hydroxylation is 1. The lowest BCUT2D eigenvalue weighted by atomic mass is 10.0. The van der Waals surface area contributed by atoms with Crippen LogP contribution in [-0.2, 0) is 0 Å². The summed E-state index contributed by atoms with van der Waals surface area (Å²) in [4.78, 5) is 10.8. The predicted molar refractivity (Wildman–Crippen MR) is 50.6 cm³/mol. The summed E-state index contributed by atoms with van der Waals surface area (Å²) in [5.41, 5.74) is 1.29. The van der Waals surface area contributed by atoms with Crippen molar-refractivity contribution in [3.63, 3.8) is 0 Å². The SMILES string of the molecule is Cc1cccc(C(=O)O)c1C#CC#N. The summed E-state index contributed by atoms with van der Waals surface area (Å²) >= 11 is 0. The maximum absolute atomic E-state index is 10.8. The van der Waals surface area contributed by atoms with Crippen LogP contribution in [0.15, 0.2) is 18.2 Å². The van der Waals surface area contributed by atoms with E-state index in [1.165, 1.54) is 6.07 Å². The van der Waals surface area contributed by atoms with Crippen molar-refractivity contribution in [1.29, 1.82) is 5.26 Å². The first-order chi connectivity index (χ1) is 6.66. The Labute approximate surface area is 81.6 Å². The third-order valence-electron chi connectivity index (χ3n) is 1.75. The fraction of sp³-hybridized carbons (Fsp3) is 0.0909. The van der Waals surface area contributed by atoms with Crippen LogP contribution in [0, 0.1) is 30.1 Å². The minimum absolute atomic E-state index is 0.132. The topological polar surface area (TPSA) is 61.1 Å². The van der Waals surface area contributed by atoms with Gasteiger partial charge in [0.15, 0.2) is 6.07 Å². The Kier molecular flexibility index (Phi) is 2.89. The number of nitrogens with zero attached hydrogens (tertiary/aromatic N) is 1. The monoisotopic (exact) mass is 185 g/mol. The van der Waals surface area contributed by atoms with Crippen molar-refractivity contribution in [2.24, 2.45) is 0 Å². The Morgan fingerprint density at radius 2 is 2.21 bits per heavy atom. The molecule has 0 fully saturated rings. The number of hydrogen-bond acceptors (Lipinski definition) is 2. The Balaban J connectivity index is 3.38. The molecular weight excluding hydrogens is 178 g/mol. The zero-order valence-corrected chi connectivity index (χ0v) is 7.53. The number of carbonyl (C=O) groups is 1. The first-order valence-corrected chi connectivity index (χ1v) is 3.90. The van der Waals surface area contributed by atoms with Crippen LogP contribution in [-0.4, -0.2) is 11.1 Å². The van der Waals surface area contributed by atoms with Crippen LogP contribution in [0.5, 0.6) is 0 Å². The Morgan fingerprint density at radius 3 is 2.79 bits per heavy atom. The van der Waals surface area contributed by atoms with Gasteiger partial charge in [-0.2, -0.15) is 5.26 Å². The Bertz CT molecular complexity index is 472. The van der Waals surface area contributed by atoms with Gasteiger partial charge in [-0.25, -0.2) is 4.79 Å². The maximum Gasteiger partial charge on any atom is 0.336 e. The summed E-state index contributed by atoms with van der Waals surface area (Å²) in [6, 6.07) is 6.53. The third-order valence-corrected chi connectivity index (χ3v) is 1.75. The quantitative estimate of drug-likeness (QED) is 0.675. The molecular formula is C11H7NO2. The molecule has 1 aromatic carbocycles. The van der Waals surface area contributed by atoms with Crippen LogP contribution < -0.4 is 0 Å². The van der Waals surface area contributed by atoms with Crippen LogP contribution in [0.4, 0.5) is 0 Å². The molecule has 0 aliphatic heterocycles. The fourth-order valence-corrected chi connectivity index (χ4v) is 1.10. The molecule has 68 valence electrons. The van der Waals surface area contributed by atoms with E-state index in [0.717, 1.165) is 5.56 Å². The summed E-state index contributed by atoms with van der Waals surface area (Å²) in [5, 5.41) is 17.1. The van der Waals surface area contributed by atoms with E-state index in [1.807, 2.05) is 0 Å². The molecule has 0 aliphatic carbocycles. The van der Waals surface area contributed by atoms with Gasteiger partial charge in [0.05, 0.1) is 5.56 Å². The van der Waals surface area contributed by atoms with E-state index in [-0.39, 0.29) is 5.56 Å². The zero-order chi connectivity index (χ0) is 10.6. The number of aromatic carboxylic acids is 1. The van der Waals surface area contributed by atoms with Crippen LogP contribution in [0.25, 0.3) is 0 Å². The summed E-state index contributed by atoms with van der Waals surface area (Å²) in [7, 11) is 0. The minimum atomic E-state index is -1.03. The molecule has 0 radical (unpaired) electrons. The molecule has 0 atom stereocenters. The summed E-state index contributed by atoms with van der Waals surface area (Å²) < 4.78 is 0. The Hall–Kier alpha value is -2.26. The number of hydrogen-bond donors (Lipinski definition) is 1. The molecule has 0 aliphatic rings. The molecule has 1 N–H and O–H groups in total. The van der Waals surface area contributed by atoms with Crippen molar-refractivity contribution in [1.82, 2.24) is 0 Å². The standard InChI is InChI=1S/C11H7NO2/c1-8-4-2-5-10(11(13)14)9(8)6-3-7-12/h2,4-5H,1H3,(H,13,14). The van der Waals surface area contributed by atoms with E-state index in [4.69, 9.17) is 10.4 Å². The average Bonchev–Trinajstić information content (AvgIpc) is 2.15. The highest BCUT2D eigenvalue weighted by Gasteiger charge is 2.09. The molecule has 1 rings (SSSR count). The number of benzene rings is 1. The van der Waals surface area contributed by atoms with Crippen molar-refractivity contribution >= 4 is 5.97 Å². The van der Waals surface area contributed by atoms with Crippen molar-refractivity contribution < 1.29 is 9.90 Å². The van der Waals surface area contributed by atoms with Gasteiger partial charge in [0.1, 0.15) is 0 Å². The second kappa shape index (κ2) is 4.11. The first kappa shape index (κ1) is 9.83. The van der Waals surface area contributed by atoms with Gasteiger partial charge in [-0.15, -0.1) is 0 Å². The minimum Gasteiger partial charge on any atom is -0.478 e. The van der Waals surface area contributed by atoms with E-state index in [1.54, 1.807) is 25.1 Å². The van der Waals surface area contributed by atoms with Gasteiger partial charge in [0.2, 0.25) is 0 Å². The van der Waals surface area contributed by atoms with Gasteiger partial charge in [-0.1, -0.05) is 12.1 Å².